The quantitative estimate of drug-likeness (QED) is 0.768. The van der Waals surface area contributed by atoms with Crippen molar-refractivity contribution in [2.24, 2.45) is 0 Å². The number of nitrogen functional groups attached to an aromatic ring is 1. The van der Waals surface area contributed by atoms with E-state index in [0.29, 0.717) is 5.82 Å². The summed E-state index contributed by atoms with van der Waals surface area (Å²) in [7, 11) is 2.13. The molecular formula is C10H16IN5. The molecule has 0 amide bonds. The average molecular weight is 333 g/mol. The van der Waals surface area contributed by atoms with Crippen molar-refractivity contribution in [3.05, 3.63) is 9.26 Å². The van der Waals surface area contributed by atoms with Crippen LogP contribution in [0.25, 0.3) is 0 Å². The Kier molecular flexibility index (Phi) is 3.48. The third kappa shape index (κ3) is 2.37. The normalized spacial score (nSPS) is 17.8. The van der Waals surface area contributed by atoms with Gasteiger partial charge in [-0.3, -0.25) is 0 Å². The van der Waals surface area contributed by atoms with Gasteiger partial charge in [0.25, 0.3) is 0 Å². The first-order chi connectivity index (χ1) is 7.58. The van der Waals surface area contributed by atoms with E-state index in [1.54, 1.807) is 0 Å². The third-order valence-corrected chi connectivity index (χ3v) is 4.15. The van der Waals surface area contributed by atoms with E-state index in [4.69, 9.17) is 5.73 Å². The number of nitrogens with two attached hydrogens (primary N) is 1. The maximum absolute atomic E-state index is 5.86. The molecule has 0 aromatic carbocycles. The summed E-state index contributed by atoms with van der Waals surface area (Å²) in [5.74, 6) is 1.35. The molecule has 6 heteroatoms. The number of aromatic nitrogens is 2. The molecule has 2 N–H and O–H groups in total. The Morgan fingerprint density at radius 3 is 2.38 bits per heavy atom. The van der Waals surface area contributed by atoms with Gasteiger partial charge in [-0.05, 0) is 36.6 Å². The molecule has 0 radical (unpaired) electrons. The fourth-order valence-electron chi connectivity index (χ4n) is 1.71. The number of hydrogen-bond acceptors (Lipinski definition) is 5. The van der Waals surface area contributed by atoms with Crippen molar-refractivity contribution in [3.63, 3.8) is 0 Å². The summed E-state index contributed by atoms with van der Waals surface area (Å²) in [6, 6.07) is 0. The van der Waals surface area contributed by atoms with Crippen LogP contribution in [0, 0.1) is 10.5 Å². The number of likely N-dealkylation sites (N-methyl/N-ethyl adjacent to an activating group) is 1. The number of hydrogen-bond donors (Lipinski definition) is 1. The van der Waals surface area contributed by atoms with Gasteiger partial charge in [-0.1, -0.05) is 0 Å². The monoisotopic (exact) mass is 333 g/mol. The summed E-state index contributed by atoms with van der Waals surface area (Å²) in [6.45, 7) is 6.01. The predicted molar refractivity (Wildman–Crippen MR) is 73.6 cm³/mol. The molecule has 0 saturated carbocycles. The van der Waals surface area contributed by atoms with E-state index in [9.17, 15) is 0 Å². The maximum atomic E-state index is 5.86. The van der Waals surface area contributed by atoms with Crippen molar-refractivity contribution >= 4 is 34.4 Å². The predicted octanol–water partition coefficient (Wildman–Crippen LogP) is 0.724. The van der Waals surface area contributed by atoms with Crippen molar-refractivity contribution in [1.29, 1.82) is 0 Å². The van der Waals surface area contributed by atoms with Crippen molar-refractivity contribution in [2.45, 2.75) is 6.92 Å². The summed E-state index contributed by atoms with van der Waals surface area (Å²) in [5.41, 5.74) is 6.82. The molecule has 1 aliphatic rings. The standard InChI is InChI=1S/C10H16IN5/c1-7-8(11)9(12)14-10(13-7)16-5-3-15(2)4-6-16/h3-6H2,1-2H3,(H2,12,13,14). The molecule has 2 rings (SSSR count). The fourth-order valence-corrected chi connectivity index (χ4v) is 1.96. The van der Waals surface area contributed by atoms with Gasteiger partial charge in [0.2, 0.25) is 5.95 Å². The lowest BCUT2D eigenvalue weighted by molar-refractivity contribution is 0.311. The van der Waals surface area contributed by atoms with E-state index in [-0.39, 0.29) is 0 Å². The summed E-state index contributed by atoms with van der Waals surface area (Å²) >= 11 is 2.18. The molecule has 2 heterocycles. The van der Waals surface area contributed by atoms with E-state index in [1.165, 1.54) is 0 Å². The minimum Gasteiger partial charge on any atom is -0.383 e. The van der Waals surface area contributed by atoms with Crippen LogP contribution < -0.4 is 10.6 Å². The van der Waals surface area contributed by atoms with Gasteiger partial charge in [0.15, 0.2) is 0 Å². The van der Waals surface area contributed by atoms with Crippen molar-refractivity contribution < 1.29 is 0 Å². The van der Waals surface area contributed by atoms with Crippen LogP contribution in [0.3, 0.4) is 0 Å². The highest BCUT2D eigenvalue weighted by Crippen LogP contribution is 2.20. The van der Waals surface area contributed by atoms with Crippen LogP contribution in [-0.4, -0.2) is 48.1 Å². The molecule has 1 aromatic rings. The summed E-state index contributed by atoms with van der Waals surface area (Å²) in [6.07, 6.45) is 0. The molecule has 1 saturated heterocycles. The zero-order valence-corrected chi connectivity index (χ0v) is 11.7. The minimum absolute atomic E-state index is 0.585. The van der Waals surface area contributed by atoms with Crippen LogP contribution in [0.1, 0.15) is 5.69 Å². The topological polar surface area (TPSA) is 58.3 Å². The summed E-state index contributed by atoms with van der Waals surface area (Å²) in [4.78, 5) is 13.3. The van der Waals surface area contributed by atoms with Gasteiger partial charge in [0, 0.05) is 26.2 Å². The molecule has 16 heavy (non-hydrogen) atoms. The molecule has 0 spiro atoms. The van der Waals surface area contributed by atoms with Crippen molar-refractivity contribution in [1.82, 2.24) is 14.9 Å². The number of anilines is 2. The fraction of sp³-hybridized carbons (Fsp3) is 0.600. The van der Waals surface area contributed by atoms with Gasteiger partial charge in [0.05, 0.1) is 9.26 Å². The van der Waals surface area contributed by atoms with Crippen LogP contribution >= 0.6 is 22.6 Å². The first-order valence-electron chi connectivity index (χ1n) is 5.31. The van der Waals surface area contributed by atoms with E-state index >= 15 is 0 Å². The number of piperazine rings is 1. The lowest BCUT2D eigenvalue weighted by Gasteiger charge is -2.32. The zero-order chi connectivity index (χ0) is 11.7. The molecule has 1 aromatic heterocycles. The highest BCUT2D eigenvalue weighted by molar-refractivity contribution is 14.1. The second-order valence-corrected chi connectivity index (χ2v) is 5.18. The van der Waals surface area contributed by atoms with E-state index in [1.807, 2.05) is 6.92 Å². The third-order valence-electron chi connectivity index (χ3n) is 2.82. The Morgan fingerprint density at radius 1 is 1.19 bits per heavy atom. The maximum Gasteiger partial charge on any atom is 0.227 e. The van der Waals surface area contributed by atoms with Crippen LogP contribution in [-0.2, 0) is 0 Å². The number of halogens is 1. The SMILES string of the molecule is Cc1nc(N2CCN(C)CC2)nc(N)c1I. The first-order valence-corrected chi connectivity index (χ1v) is 6.39. The van der Waals surface area contributed by atoms with Gasteiger partial charge >= 0.3 is 0 Å². The molecule has 5 nitrogen and oxygen atoms in total. The zero-order valence-electron chi connectivity index (χ0n) is 9.57. The average Bonchev–Trinajstić information content (AvgIpc) is 2.26. The number of nitrogens with zero attached hydrogens (tertiary/aromatic N) is 4. The van der Waals surface area contributed by atoms with E-state index in [2.05, 4.69) is 49.4 Å². The number of aryl methyl sites for hydroxylation is 1. The van der Waals surface area contributed by atoms with E-state index in [0.717, 1.165) is 41.4 Å². The van der Waals surface area contributed by atoms with E-state index < -0.39 is 0 Å². The molecule has 1 aliphatic heterocycles. The van der Waals surface area contributed by atoms with Crippen LogP contribution in [0.4, 0.5) is 11.8 Å². The highest BCUT2D eigenvalue weighted by atomic mass is 127. The lowest BCUT2D eigenvalue weighted by Crippen LogP contribution is -2.45. The smallest absolute Gasteiger partial charge is 0.227 e. The first kappa shape index (κ1) is 11.8. The molecule has 1 fully saturated rings. The van der Waals surface area contributed by atoms with Crippen molar-refractivity contribution in [3.8, 4) is 0 Å². The Morgan fingerprint density at radius 2 is 1.81 bits per heavy atom. The van der Waals surface area contributed by atoms with Gasteiger partial charge in [-0.15, -0.1) is 0 Å². The minimum atomic E-state index is 0.585. The summed E-state index contributed by atoms with van der Waals surface area (Å²) in [5, 5.41) is 0. The Balaban J connectivity index is 2.21. The number of rotatable bonds is 1. The van der Waals surface area contributed by atoms with Gasteiger partial charge in [-0.2, -0.15) is 4.98 Å². The molecule has 0 unspecified atom stereocenters. The van der Waals surface area contributed by atoms with Crippen LogP contribution in [0.15, 0.2) is 0 Å². The van der Waals surface area contributed by atoms with Gasteiger partial charge in [0.1, 0.15) is 5.82 Å². The molecule has 88 valence electrons. The Labute approximate surface area is 109 Å². The van der Waals surface area contributed by atoms with Crippen molar-refractivity contribution in [2.75, 3.05) is 43.9 Å². The van der Waals surface area contributed by atoms with Crippen LogP contribution in [0.5, 0.6) is 0 Å². The highest BCUT2D eigenvalue weighted by Gasteiger charge is 2.18. The second-order valence-electron chi connectivity index (χ2n) is 4.10. The Bertz CT molecular complexity index is 364. The lowest BCUT2D eigenvalue weighted by atomic mass is 10.3. The largest absolute Gasteiger partial charge is 0.383 e. The molecule has 0 bridgehead atoms. The van der Waals surface area contributed by atoms with Gasteiger partial charge < -0.3 is 15.5 Å². The second kappa shape index (κ2) is 4.70. The molecule has 0 aliphatic carbocycles. The summed E-state index contributed by atoms with van der Waals surface area (Å²) < 4.78 is 0.954. The van der Waals surface area contributed by atoms with Crippen LogP contribution in [0.2, 0.25) is 0 Å². The molecule has 0 atom stereocenters. The Hall–Kier alpha value is -0.630. The van der Waals surface area contributed by atoms with Gasteiger partial charge in [-0.25, -0.2) is 4.98 Å². The molecular weight excluding hydrogens is 317 g/mol.